The van der Waals surface area contributed by atoms with Gasteiger partial charge in [-0.3, -0.25) is 0 Å². The van der Waals surface area contributed by atoms with Gasteiger partial charge in [0.1, 0.15) is 0 Å². The molecule has 0 amide bonds. The highest BCUT2D eigenvalue weighted by Gasteiger charge is 2.07. The minimum absolute atomic E-state index is 0.647. The smallest absolute Gasteiger partial charge is 0.195 e. The van der Waals surface area contributed by atoms with Gasteiger partial charge in [0.15, 0.2) is 11.6 Å². The number of nitrogens with zero attached hydrogens (tertiary/aromatic N) is 2. The molecule has 1 N–H and O–H groups in total. The number of aryl methyl sites for hydroxylation is 1. The quantitative estimate of drug-likeness (QED) is 0.803. The first kappa shape index (κ1) is 11.8. The van der Waals surface area contributed by atoms with Crippen molar-refractivity contribution in [3.63, 3.8) is 0 Å². The van der Waals surface area contributed by atoms with Crippen LogP contribution in [0.3, 0.4) is 0 Å². The van der Waals surface area contributed by atoms with Gasteiger partial charge in [0.05, 0.1) is 12.0 Å². The van der Waals surface area contributed by atoms with Gasteiger partial charge in [0.25, 0.3) is 0 Å². The van der Waals surface area contributed by atoms with E-state index in [2.05, 4.69) is 22.2 Å². The first-order chi connectivity index (χ1) is 8.31. The van der Waals surface area contributed by atoms with Gasteiger partial charge >= 0.3 is 0 Å². The zero-order valence-corrected chi connectivity index (χ0v) is 10.2. The molecule has 0 aliphatic carbocycles. The maximum absolute atomic E-state index is 5.29. The minimum Gasteiger partial charge on any atom is -0.461 e. The van der Waals surface area contributed by atoms with Crippen LogP contribution in [0.1, 0.15) is 24.6 Å². The van der Waals surface area contributed by atoms with Crippen LogP contribution in [0.2, 0.25) is 0 Å². The molecule has 0 radical (unpaired) electrons. The molecule has 0 unspecified atom stereocenters. The molecule has 0 atom stereocenters. The van der Waals surface area contributed by atoms with Gasteiger partial charge in [-0.15, -0.1) is 0 Å². The summed E-state index contributed by atoms with van der Waals surface area (Å²) in [4.78, 5) is 8.80. The van der Waals surface area contributed by atoms with E-state index in [9.17, 15) is 0 Å². The van der Waals surface area contributed by atoms with Crippen molar-refractivity contribution in [3.05, 3.63) is 35.9 Å². The van der Waals surface area contributed by atoms with Gasteiger partial charge in [0, 0.05) is 12.7 Å². The summed E-state index contributed by atoms with van der Waals surface area (Å²) in [7, 11) is 0. The van der Waals surface area contributed by atoms with Crippen molar-refractivity contribution in [1.82, 2.24) is 15.3 Å². The first-order valence-corrected chi connectivity index (χ1v) is 5.88. The highest BCUT2D eigenvalue weighted by atomic mass is 16.3. The molecule has 0 saturated carbocycles. The van der Waals surface area contributed by atoms with E-state index in [4.69, 9.17) is 4.42 Å². The Balaban J connectivity index is 2.18. The lowest BCUT2D eigenvalue weighted by Gasteiger charge is -2.06. The standard InChI is InChI=1S/C13H17N3O/c1-3-6-14-9-11-10(2)8-15-13(16-11)12-5-4-7-17-12/h4-5,7-8,14H,3,6,9H2,1-2H3. The lowest BCUT2D eigenvalue weighted by Crippen LogP contribution is -2.16. The molecule has 0 aliphatic heterocycles. The van der Waals surface area contributed by atoms with Gasteiger partial charge in [-0.1, -0.05) is 6.92 Å². The second kappa shape index (κ2) is 5.59. The monoisotopic (exact) mass is 231 g/mol. The molecule has 0 bridgehead atoms. The Hall–Kier alpha value is -1.68. The minimum atomic E-state index is 0.647. The lowest BCUT2D eigenvalue weighted by molar-refractivity contribution is 0.575. The molecule has 4 heteroatoms. The fourth-order valence-corrected chi connectivity index (χ4v) is 1.56. The summed E-state index contributed by atoms with van der Waals surface area (Å²) in [5.74, 6) is 1.36. The number of furan rings is 1. The summed E-state index contributed by atoms with van der Waals surface area (Å²) in [6.07, 6.45) is 4.59. The molecule has 90 valence electrons. The predicted molar refractivity (Wildman–Crippen MR) is 66.5 cm³/mol. The molecule has 0 saturated heterocycles. The van der Waals surface area contributed by atoms with Crippen molar-refractivity contribution in [2.75, 3.05) is 6.54 Å². The summed E-state index contributed by atoms with van der Waals surface area (Å²) in [6.45, 7) is 5.94. The zero-order valence-electron chi connectivity index (χ0n) is 10.2. The Bertz CT molecular complexity index is 466. The van der Waals surface area contributed by atoms with E-state index >= 15 is 0 Å². The zero-order chi connectivity index (χ0) is 12.1. The maximum Gasteiger partial charge on any atom is 0.195 e. The second-order valence-corrected chi connectivity index (χ2v) is 3.98. The van der Waals surface area contributed by atoms with Gasteiger partial charge in [-0.25, -0.2) is 9.97 Å². The Kier molecular flexibility index (Phi) is 3.88. The molecule has 2 aromatic rings. The molecule has 17 heavy (non-hydrogen) atoms. The van der Waals surface area contributed by atoms with Gasteiger partial charge in [0.2, 0.25) is 0 Å². The molecule has 0 spiro atoms. The van der Waals surface area contributed by atoms with E-state index in [1.807, 2.05) is 25.3 Å². The molecule has 0 aromatic carbocycles. The van der Waals surface area contributed by atoms with Crippen LogP contribution in [-0.2, 0) is 6.54 Å². The van der Waals surface area contributed by atoms with E-state index in [1.165, 1.54) is 0 Å². The predicted octanol–water partition coefficient (Wildman–Crippen LogP) is 2.54. The van der Waals surface area contributed by atoms with Crippen LogP contribution in [0, 0.1) is 6.92 Å². The van der Waals surface area contributed by atoms with Crippen LogP contribution >= 0.6 is 0 Å². The summed E-state index contributed by atoms with van der Waals surface area (Å²) in [6, 6.07) is 3.71. The average Bonchev–Trinajstić information content (AvgIpc) is 2.85. The van der Waals surface area contributed by atoms with E-state index < -0.39 is 0 Å². The van der Waals surface area contributed by atoms with Crippen molar-refractivity contribution >= 4 is 0 Å². The third kappa shape index (κ3) is 2.91. The van der Waals surface area contributed by atoms with Crippen LogP contribution in [-0.4, -0.2) is 16.5 Å². The summed E-state index contributed by atoms with van der Waals surface area (Å²) >= 11 is 0. The van der Waals surface area contributed by atoms with Crippen molar-refractivity contribution in [1.29, 1.82) is 0 Å². The summed E-state index contributed by atoms with van der Waals surface area (Å²) in [5, 5.41) is 3.34. The summed E-state index contributed by atoms with van der Waals surface area (Å²) in [5.41, 5.74) is 2.13. The van der Waals surface area contributed by atoms with Crippen LogP contribution in [0.4, 0.5) is 0 Å². The molecule has 0 aliphatic rings. The molecule has 4 nitrogen and oxygen atoms in total. The highest BCUT2D eigenvalue weighted by molar-refractivity contribution is 5.46. The Labute approximate surface area is 101 Å². The number of rotatable bonds is 5. The fourth-order valence-electron chi connectivity index (χ4n) is 1.56. The van der Waals surface area contributed by atoms with Crippen LogP contribution < -0.4 is 5.32 Å². The SMILES string of the molecule is CCCNCc1nc(-c2ccco2)ncc1C. The topological polar surface area (TPSA) is 51.0 Å². The van der Waals surface area contributed by atoms with E-state index in [1.54, 1.807) is 6.26 Å². The number of hydrogen-bond acceptors (Lipinski definition) is 4. The van der Waals surface area contributed by atoms with Gasteiger partial charge in [-0.05, 0) is 37.6 Å². The van der Waals surface area contributed by atoms with Crippen LogP contribution in [0.5, 0.6) is 0 Å². The fraction of sp³-hybridized carbons (Fsp3) is 0.385. The van der Waals surface area contributed by atoms with E-state index in [-0.39, 0.29) is 0 Å². The molecular formula is C13H17N3O. The molecule has 2 aromatic heterocycles. The van der Waals surface area contributed by atoms with E-state index in [0.29, 0.717) is 11.6 Å². The normalized spacial score (nSPS) is 10.7. The van der Waals surface area contributed by atoms with Gasteiger partial charge < -0.3 is 9.73 Å². The Morgan fingerprint density at radius 2 is 2.29 bits per heavy atom. The number of nitrogens with one attached hydrogen (secondary N) is 1. The average molecular weight is 231 g/mol. The van der Waals surface area contributed by atoms with Gasteiger partial charge in [-0.2, -0.15) is 0 Å². The largest absolute Gasteiger partial charge is 0.461 e. The Morgan fingerprint density at radius 1 is 1.41 bits per heavy atom. The third-order valence-electron chi connectivity index (χ3n) is 2.54. The summed E-state index contributed by atoms with van der Waals surface area (Å²) < 4.78 is 5.29. The number of hydrogen-bond donors (Lipinski definition) is 1. The van der Waals surface area contributed by atoms with E-state index in [0.717, 1.165) is 30.8 Å². The first-order valence-electron chi connectivity index (χ1n) is 5.88. The maximum atomic E-state index is 5.29. The third-order valence-corrected chi connectivity index (χ3v) is 2.54. The van der Waals surface area contributed by atoms with Crippen molar-refractivity contribution in [3.8, 4) is 11.6 Å². The number of aromatic nitrogens is 2. The van der Waals surface area contributed by atoms with Crippen LogP contribution in [0.25, 0.3) is 11.6 Å². The molecule has 2 rings (SSSR count). The Morgan fingerprint density at radius 3 is 3.00 bits per heavy atom. The molecule has 2 heterocycles. The lowest BCUT2D eigenvalue weighted by atomic mass is 10.2. The molecular weight excluding hydrogens is 214 g/mol. The highest BCUT2D eigenvalue weighted by Crippen LogP contribution is 2.16. The van der Waals surface area contributed by atoms with Crippen LogP contribution in [0.15, 0.2) is 29.0 Å². The molecule has 0 fully saturated rings. The van der Waals surface area contributed by atoms with Crippen molar-refractivity contribution in [2.24, 2.45) is 0 Å². The van der Waals surface area contributed by atoms with Crippen molar-refractivity contribution < 1.29 is 4.42 Å². The second-order valence-electron chi connectivity index (χ2n) is 3.98. The van der Waals surface area contributed by atoms with Crippen molar-refractivity contribution in [2.45, 2.75) is 26.8 Å².